The summed E-state index contributed by atoms with van der Waals surface area (Å²) in [6.07, 6.45) is -6.54. The van der Waals surface area contributed by atoms with Gasteiger partial charge in [-0.05, 0) is 17.8 Å². The van der Waals surface area contributed by atoms with Crippen molar-refractivity contribution in [3.63, 3.8) is 0 Å². The van der Waals surface area contributed by atoms with Crippen LogP contribution in [-0.4, -0.2) is 29.1 Å². The van der Waals surface area contributed by atoms with E-state index < -0.39 is 45.7 Å². The lowest BCUT2D eigenvalue weighted by Gasteiger charge is -2.34. The van der Waals surface area contributed by atoms with Crippen LogP contribution in [0.3, 0.4) is 0 Å². The highest BCUT2D eigenvalue weighted by Gasteiger charge is 2.82. The van der Waals surface area contributed by atoms with E-state index in [1.807, 2.05) is 0 Å². The molecule has 0 atom stereocenters. The molecule has 0 N–H and O–H groups in total. The number of hydrogen-bond donors (Lipinski definition) is 0. The average molecular weight is 332 g/mol. The third-order valence-corrected chi connectivity index (χ3v) is 2.76. The molecule has 0 spiro atoms. The summed E-state index contributed by atoms with van der Waals surface area (Å²) in [4.78, 5) is 8.48. The van der Waals surface area contributed by atoms with E-state index in [1.165, 1.54) is 0 Å². The number of rotatable bonds is 5. The molecule has 0 heterocycles. The van der Waals surface area contributed by atoms with E-state index in [0.717, 1.165) is 0 Å². The Morgan fingerprint density at radius 3 is 1.60 bits per heavy atom. The fraction of sp³-hybridized carbons (Fsp3) is 0.444. The van der Waals surface area contributed by atoms with Crippen molar-refractivity contribution in [3.05, 3.63) is 24.1 Å². The molecule has 0 aliphatic heterocycles. The second-order valence-electron chi connectivity index (χ2n) is 3.27. The first-order chi connectivity index (χ1) is 8.63. The minimum absolute atomic E-state index is 0.367. The summed E-state index contributed by atoms with van der Waals surface area (Å²) in [6.45, 7) is 5.01. The van der Waals surface area contributed by atoms with E-state index in [9.17, 15) is 44.3 Å². The zero-order valence-electron chi connectivity index (χ0n) is 9.21. The third-order valence-electron chi connectivity index (χ3n) is 1.89. The van der Waals surface area contributed by atoms with Crippen LogP contribution in [0.2, 0.25) is 0 Å². The van der Waals surface area contributed by atoms with Crippen LogP contribution in [0.4, 0.5) is 39.5 Å². The molecule has 11 heteroatoms. The Bertz CT molecular complexity index is 424. The maximum absolute atomic E-state index is 13.1. The number of carbonyl (C=O) groups is 1. The Balaban J connectivity index is 5.63. The maximum atomic E-state index is 13.1. The Hall–Kier alpha value is -1.13. The highest BCUT2D eigenvalue weighted by Crippen LogP contribution is 2.56. The summed E-state index contributed by atoms with van der Waals surface area (Å²) >= 11 is -0.722. The van der Waals surface area contributed by atoms with Crippen molar-refractivity contribution in [2.24, 2.45) is 0 Å². The van der Waals surface area contributed by atoms with Gasteiger partial charge in [0.2, 0.25) is 5.12 Å². The number of thioether (sulfide) groups is 1. The third kappa shape index (κ3) is 2.96. The van der Waals surface area contributed by atoms with Gasteiger partial charge >= 0.3 is 23.9 Å². The van der Waals surface area contributed by atoms with Gasteiger partial charge in [0.1, 0.15) is 0 Å². The Labute approximate surface area is 110 Å². The molecule has 1 nitrogen and oxygen atoms in total. The van der Waals surface area contributed by atoms with Crippen LogP contribution >= 0.6 is 11.8 Å². The van der Waals surface area contributed by atoms with E-state index in [0.29, 0.717) is 6.08 Å². The van der Waals surface area contributed by atoms with Gasteiger partial charge in [-0.2, -0.15) is 39.5 Å². The van der Waals surface area contributed by atoms with E-state index in [-0.39, 0.29) is 0 Å². The molecule has 0 amide bonds. The van der Waals surface area contributed by atoms with Crippen molar-refractivity contribution < 1.29 is 44.3 Å². The van der Waals surface area contributed by atoms with Crippen molar-refractivity contribution in [1.29, 1.82) is 0 Å². The zero-order valence-corrected chi connectivity index (χ0v) is 10.0. The van der Waals surface area contributed by atoms with Gasteiger partial charge in [0.15, 0.2) is 0 Å². The van der Waals surface area contributed by atoms with Gasteiger partial charge in [-0.3, -0.25) is 4.79 Å². The average Bonchev–Trinajstić information content (AvgIpc) is 2.26. The summed E-state index contributed by atoms with van der Waals surface area (Å²) in [7, 11) is 0. The minimum Gasteiger partial charge on any atom is -0.282 e. The number of alkyl halides is 9. The summed E-state index contributed by atoms with van der Waals surface area (Å²) in [5.41, 5.74) is 0. The van der Waals surface area contributed by atoms with Crippen LogP contribution in [0.25, 0.3) is 0 Å². The van der Waals surface area contributed by atoms with Crippen molar-refractivity contribution in [2.75, 3.05) is 0 Å². The summed E-state index contributed by atoms with van der Waals surface area (Å²) < 4.78 is 112. The van der Waals surface area contributed by atoms with Crippen LogP contribution in [0.1, 0.15) is 0 Å². The molecule has 0 saturated heterocycles. The quantitative estimate of drug-likeness (QED) is 0.548. The lowest BCUT2D eigenvalue weighted by molar-refractivity contribution is -0.388. The minimum atomic E-state index is -7.01. The summed E-state index contributed by atoms with van der Waals surface area (Å²) in [6, 6.07) is 0. The largest absolute Gasteiger partial charge is 0.460 e. The predicted octanol–water partition coefficient (Wildman–Crippen LogP) is 4.41. The molecule has 0 aromatic carbocycles. The van der Waals surface area contributed by atoms with Gasteiger partial charge in [0, 0.05) is 0 Å². The van der Waals surface area contributed by atoms with E-state index in [1.54, 1.807) is 0 Å². The van der Waals surface area contributed by atoms with Gasteiger partial charge in [-0.15, -0.1) is 0 Å². The van der Waals surface area contributed by atoms with Crippen molar-refractivity contribution in [3.8, 4) is 0 Å². The zero-order chi connectivity index (χ0) is 16.6. The molecular formula is C9H5F9OS. The summed E-state index contributed by atoms with van der Waals surface area (Å²) in [5, 5.41) is -1.37. The molecule has 20 heavy (non-hydrogen) atoms. The SMILES string of the molecule is C=CC(=O)SC(=C)C(F)(F)C(F)(F)C(F)(F)C(F)(F)F. The Morgan fingerprint density at radius 1 is 0.900 bits per heavy atom. The first-order valence-electron chi connectivity index (χ1n) is 4.36. The van der Waals surface area contributed by atoms with Gasteiger partial charge < -0.3 is 0 Å². The number of allylic oxidation sites excluding steroid dienone is 1. The van der Waals surface area contributed by atoms with Gasteiger partial charge in [0.05, 0.1) is 4.91 Å². The molecule has 116 valence electrons. The molecule has 0 saturated carbocycles. The van der Waals surface area contributed by atoms with Gasteiger partial charge in [0.25, 0.3) is 0 Å². The molecular weight excluding hydrogens is 327 g/mol. The van der Waals surface area contributed by atoms with Gasteiger partial charge in [-0.25, -0.2) is 0 Å². The van der Waals surface area contributed by atoms with Crippen LogP contribution in [0, 0.1) is 0 Å². The fourth-order valence-electron chi connectivity index (χ4n) is 0.777. The molecule has 0 radical (unpaired) electrons. The van der Waals surface area contributed by atoms with Crippen LogP contribution in [0.15, 0.2) is 24.1 Å². The highest BCUT2D eigenvalue weighted by molar-refractivity contribution is 8.17. The van der Waals surface area contributed by atoms with Crippen molar-refractivity contribution in [2.45, 2.75) is 23.9 Å². The highest BCUT2D eigenvalue weighted by atomic mass is 32.2. The van der Waals surface area contributed by atoms with Crippen molar-refractivity contribution in [1.82, 2.24) is 0 Å². The number of halogens is 9. The Kier molecular flexibility index (Phi) is 5.04. The molecule has 0 aliphatic rings. The Morgan fingerprint density at radius 2 is 1.30 bits per heavy atom. The lowest BCUT2D eigenvalue weighted by atomic mass is 10.0. The molecule has 0 unspecified atom stereocenters. The maximum Gasteiger partial charge on any atom is 0.460 e. The fourth-order valence-corrected chi connectivity index (χ4v) is 1.36. The molecule has 0 rings (SSSR count). The second-order valence-corrected chi connectivity index (χ2v) is 4.37. The molecule has 0 aromatic rings. The normalized spacial score (nSPS) is 14.1. The first-order valence-corrected chi connectivity index (χ1v) is 5.18. The smallest absolute Gasteiger partial charge is 0.282 e. The van der Waals surface area contributed by atoms with Gasteiger partial charge in [-0.1, -0.05) is 13.2 Å². The van der Waals surface area contributed by atoms with Crippen LogP contribution < -0.4 is 0 Å². The lowest BCUT2D eigenvalue weighted by Crippen LogP contribution is -2.61. The number of carbonyl (C=O) groups excluding carboxylic acids is 1. The second kappa shape index (κ2) is 5.34. The topological polar surface area (TPSA) is 17.1 Å². The van der Waals surface area contributed by atoms with E-state index in [2.05, 4.69) is 13.2 Å². The first kappa shape index (κ1) is 18.9. The molecule has 0 fully saturated rings. The summed E-state index contributed by atoms with van der Waals surface area (Å²) in [5.74, 6) is -19.8. The van der Waals surface area contributed by atoms with Crippen LogP contribution in [0.5, 0.6) is 0 Å². The van der Waals surface area contributed by atoms with Crippen LogP contribution in [-0.2, 0) is 4.79 Å². The van der Waals surface area contributed by atoms with Crippen molar-refractivity contribution >= 4 is 16.9 Å². The predicted molar refractivity (Wildman–Crippen MR) is 52.8 cm³/mol. The van der Waals surface area contributed by atoms with E-state index >= 15 is 0 Å². The van der Waals surface area contributed by atoms with E-state index in [4.69, 9.17) is 0 Å². The monoisotopic (exact) mass is 332 g/mol. The molecule has 0 aliphatic carbocycles. The molecule has 0 bridgehead atoms. The standard InChI is InChI=1S/C9H5F9OS/c1-3-5(19)20-4(2)6(10,11)7(12,13)8(14,15)9(16,17)18/h3H,1-2H2. The number of hydrogen-bond acceptors (Lipinski definition) is 2. The molecule has 0 aromatic heterocycles.